The molecule has 9 heteroatoms. The number of amides is 1. The van der Waals surface area contributed by atoms with Gasteiger partial charge in [0.05, 0.1) is 23.4 Å². The molecule has 0 saturated carbocycles. The monoisotopic (exact) mass is 408 g/mol. The third kappa shape index (κ3) is 6.95. The van der Waals surface area contributed by atoms with Gasteiger partial charge in [0, 0.05) is 17.9 Å². The highest BCUT2D eigenvalue weighted by molar-refractivity contribution is 7.99. The van der Waals surface area contributed by atoms with E-state index in [2.05, 4.69) is 14.8 Å². The number of ether oxygens (including phenoxy) is 1. The average molecular weight is 409 g/mol. The number of nitrogens with one attached hydrogen (secondary N) is 2. The maximum Gasteiger partial charge on any atom is 0.315 e. The molecule has 0 saturated heterocycles. The molecular weight excluding hydrogens is 388 g/mol. The summed E-state index contributed by atoms with van der Waals surface area (Å²) in [7, 11) is -2.38. The van der Waals surface area contributed by atoms with Crippen LogP contribution in [0.25, 0.3) is 0 Å². The molecule has 7 nitrogen and oxygen atoms in total. The molecule has 27 heavy (non-hydrogen) atoms. The fourth-order valence-electron chi connectivity index (χ4n) is 2.08. The van der Waals surface area contributed by atoms with Crippen LogP contribution in [0.4, 0.5) is 11.4 Å². The number of benzene rings is 2. The van der Waals surface area contributed by atoms with Crippen LogP contribution in [0.1, 0.15) is 6.42 Å². The third-order valence-corrected chi connectivity index (χ3v) is 5.70. The van der Waals surface area contributed by atoms with E-state index in [4.69, 9.17) is 0 Å². The van der Waals surface area contributed by atoms with Gasteiger partial charge < -0.3 is 10.1 Å². The van der Waals surface area contributed by atoms with Crippen molar-refractivity contribution in [3.8, 4) is 0 Å². The highest BCUT2D eigenvalue weighted by Gasteiger charge is 2.13. The highest BCUT2D eigenvalue weighted by Crippen LogP contribution is 2.19. The van der Waals surface area contributed by atoms with Crippen molar-refractivity contribution in [2.45, 2.75) is 11.3 Å². The lowest BCUT2D eigenvalue weighted by Gasteiger charge is -2.10. The zero-order valence-electron chi connectivity index (χ0n) is 14.7. The number of carbonyl (C=O) groups excluding carboxylic acids is 2. The van der Waals surface area contributed by atoms with Crippen LogP contribution >= 0.6 is 11.8 Å². The zero-order chi connectivity index (χ0) is 19.7. The maximum atomic E-state index is 12.4. The normalized spacial score (nSPS) is 10.9. The minimum Gasteiger partial charge on any atom is -0.468 e. The summed E-state index contributed by atoms with van der Waals surface area (Å²) in [6.07, 6.45) is 0.224. The molecule has 2 aromatic rings. The molecule has 0 aromatic heterocycles. The zero-order valence-corrected chi connectivity index (χ0v) is 16.3. The Morgan fingerprint density at radius 2 is 1.74 bits per heavy atom. The number of rotatable bonds is 9. The Balaban J connectivity index is 1.91. The van der Waals surface area contributed by atoms with Crippen LogP contribution < -0.4 is 10.0 Å². The van der Waals surface area contributed by atoms with Crippen molar-refractivity contribution >= 4 is 45.0 Å². The lowest BCUT2D eigenvalue weighted by molar-refractivity contribution is -0.137. The third-order valence-electron chi connectivity index (χ3n) is 3.37. The van der Waals surface area contributed by atoms with Gasteiger partial charge >= 0.3 is 5.97 Å². The van der Waals surface area contributed by atoms with Crippen LogP contribution in [0.5, 0.6) is 0 Å². The Labute approximate surface area is 162 Å². The van der Waals surface area contributed by atoms with Gasteiger partial charge in [-0.3, -0.25) is 14.3 Å². The number of carbonyl (C=O) groups is 2. The smallest absolute Gasteiger partial charge is 0.315 e. The second-order valence-corrected chi connectivity index (χ2v) is 8.21. The second kappa shape index (κ2) is 9.98. The van der Waals surface area contributed by atoms with Crippen LogP contribution in [0.15, 0.2) is 59.5 Å². The SMILES string of the molecule is COC(=O)CSCCC(=O)Nc1cccc(NS(=O)(=O)c2ccccc2)c1. The Kier molecular flexibility index (Phi) is 7.68. The number of anilines is 2. The minimum absolute atomic E-state index is 0.155. The van der Waals surface area contributed by atoms with Gasteiger partial charge in [-0.1, -0.05) is 24.3 Å². The predicted molar refractivity (Wildman–Crippen MR) is 106 cm³/mol. The van der Waals surface area contributed by atoms with Crippen LogP contribution in [0.2, 0.25) is 0 Å². The molecule has 0 unspecified atom stereocenters. The quantitative estimate of drug-likeness (QED) is 0.489. The van der Waals surface area contributed by atoms with Crippen molar-refractivity contribution in [1.29, 1.82) is 0 Å². The molecule has 2 aromatic carbocycles. The Bertz CT molecular complexity index is 886. The lowest BCUT2D eigenvalue weighted by Crippen LogP contribution is -2.15. The van der Waals surface area contributed by atoms with E-state index in [1.807, 2.05) is 0 Å². The van der Waals surface area contributed by atoms with E-state index in [0.717, 1.165) is 0 Å². The molecule has 0 aliphatic heterocycles. The number of esters is 1. The molecule has 0 fully saturated rings. The van der Waals surface area contributed by atoms with E-state index in [1.165, 1.54) is 31.0 Å². The first-order valence-electron chi connectivity index (χ1n) is 8.03. The molecular formula is C18H20N2O5S2. The van der Waals surface area contributed by atoms with Crippen LogP contribution in [0, 0.1) is 0 Å². The van der Waals surface area contributed by atoms with E-state index in [1.54, 1.807) is 42.5 Å². The maximum absolute atomic E-state index is 12.4. The van der Waals surface area contributed by atoms with E-state index >= 15 is 0 Å². The molecule has 144 valence electrons. The van der Waals surface area contributed by atoms with E-state index in [9.17, 15) is 18.0 Å². The topological polar surface area (TPSA) is 102 Å². The number of hydrogen-bond donors (Lipinski definition) is 2. The van der Waals surface area contributed by atoms with Gasteiger partial charge in [-0.25, -0.2) is 8.42 Å². The standard InChI is InChI=1S/C18H20N2O5S2/c1-25-18(22)13-26-11-10-17(21)19-14-6-5-7-15(12-14)20-27(23,24)16-8-3-2-4-9-16/h2-9,12,20H,10-11,13H2,1H3,(H,19,21). The molecule has 2 N–H and O–H groups in total. The van der Waals surface area contributed by atoms with Gasteiger partial charge in [-0.2, -0.15) is 0 Å². The van der Waals surface area contributed by atoms with Gasteiger partial charge in [0.15, 0.2) is 0 Å². The first kappa shape index (κ1) is 20.8. The number of hydrogen-bond acceptors (Lipinski definition) is 6. The second-order valence-electron chi connectivity index (χ2n) is 5.43. The van der Waals surface area contributed by atoms with Crippen molar-refractivity contribution < 1.29 is 22.7 Å². The summed E-state index contributed by atoms with van der Waals surface area (Å²) in [6.45, 7) is 0. The van der Waals surface area contributed by atoms with Crippen molar-refractivity contribution in [3.05, 3.63) is 54.6 Å². The van der Waals surface area contributed by atoms with Gasteiger partial charge in [0.2, 0.25) is 5.91 Å². The lowest BCUT2D eigenvalue weighted by atomic mass is 10.3. The summed E-state index contributed by atoms with van der Waals surface area (Å²) < 4.78 is 31.7. The van der Waals surface area contributed by atoms with E-state index in [0.29, 0.717) is 17.1 Å². The molecule has 0 heterocycles. The minimum atomic E-state index is -3.70. The molecule has 0 radical (unpaired) electrons. The van der Waals surface area contributed by atoms with Crippen LogP contribution in [-0.4, -0.2) is 38.9 Å². The molecule has 0 atom stereocenters. The molecule has 2 rings (SSSR count). The Hall–Kier alpha value is -2.52. The van der Waals surface area contributed by atoms with Gasteiger partial charge in [-0.15, -0.1) is 11.8 Å². The number of thioether (sulfide) groups is 1. The Morgan fingerprint density at radius 1 is 1.04 bits per heavy atom. The first-order valence-corrected chi connectivity index (χ1v) is 10.7. The fourth-order valence-corrected chi connectivity index (χ4v) is 3.91. The van der Waals surface area contributed by atoms with Crippen LogP contribution in [-0.2, 0) is 24.3 Å². The summed E-state index contributed by atoms with van der Waals surface area (Å²) >= 11 is 1.31. The van der Waals surface area contributed by atoms with E-state index < -0.39 is 10.0 Å². The average Bonchev–Trinajstić information content (AvgIpc) is 2.65. The summed E-state index contributed by atoms with van der Waals surface area (Å²) in [6, 6.07) is 14.5. The molecule has 0 bridgehead atoms. The molecule has 0 aliphatic carbocycles. The molecule has 0 aliphatic rings. The van der Waals surface area contributed by atoms with Gasteiger partial charge in [0.1, 0.15) is 0 Å². The Morgan fingerprint density at radius 3 is 2.44 bits per heavy atom. The van der Waals surface area contributed by atoms with E-state index in [-0.39, 0.29) is 28.9 Å². The summed E-state index contributed by atoms with van der Waals surface area (Å²) in [4.78, 5) is 23.1. The summed E-state index contributed by atoms with van der Waals surface area (Å²) in [5.41, 5.74) is 0.822. The van der Waals surface area contributed by atoms with Crippen molar-refractivity contribution in [3.63, 3.8) is 0 Å². The molecule has 1 amide bonds. The number of methoxy groups -OCH3 is 1. The molecule has 0 spiro atoms. The van der Waals surface area contributed by atoms with Crippen molar-refractivity contribution in [2.24, 2.45) is 0 Å². The summed E-state index contributed by atoms with van der Waals surface area (Å²) in [5, 5.41) is 2.71. The first-order chi connectivity index (χ1) is 12.9. The van der Waals surface area contributed by atoms with Crippen molar-refractivity contribution in [1.82, 2.24) is 0 Å². The van der Waals surface area contributed by atoms with Gasteiger partial charge in [-0.05, 0) is 30.3 Å². The largest absolute Gasteiger partial charge is 0.468 e. The van der Waals surface area contributed by atoms with Crippen molar-refractivity contribution in [2.75, 3.05) is 28.7 Å². The fraction of sp³-hybridized carbons (Fsp3) is 0.222. The predicted octanol–water partition coefficient (Wildman–Crippen LogP) is 2.72. The van der Waals surface area contributed by atoms with Crippen LogP contribution in [0.3, 0.4) is 0 Å². The highest BCUT2D eigenvalue weighted by atomic mass is 32.2. The summed E-state index contributed by atoms with van der Waals surface area (Å²) in [5.74, 6) is 0.108. The van der Waals surface area contributed by atoms with Gasteiger partial charge in [0.25, 0.3) is 10.0 Å². The number of sulfonamides is 1.